The molecule has 6 nitrogen and oxygen atoms in total. The van der Waals surface area contributed by atoms with Gasteiger partial charge in [-0.2, -0.15) is 0 Å². The predicted molar refractivity (Wildman–Crippen MR) is 153 cm³/mol. The van der Waals surface area contributed by atoms with Gasteiger partial charge in [0.1, 0.15) is 5.75 Å². The third kappa shape index (κ3) is 4.08. The van der Waals surface area contributed by atoms with Gasteiger partial charge in [-0.3, -0.25) is 9.36 Å². The normalized spacial score (nSPS) is 16.3. The zero-order valence-electron chi connectivity index (χ0n) is 21.2. The molecule has 1 atom stereocenters. The van der Waals surface area contributed by atoms with E-state index in [2.05, 4.69) is 34.1 Å². The number of hydrogen-bond acceptors (Lipinski definition) is 6. The lowest BCUT2D eigenvalue weighted by Gasteiger charge is -2.31. The number of aryl methyl sites for hydroxylation is 1. The van der Waals surface area contributed by atoms with E-state index >= 15 is 0 Å². The number of aromatic nitrogens is 1. The highest BCUT2D eigenvalue weighted by Gasteiger charge is 2.33. The van der Waals surface area contributed by atoms with Crippen molar-refractivity contribution in [2.45, 2.75) is 18.9 Å². The number of hydrogen-bond donors (Lipinski definition) is 0. The molecule has 8 heteroatoms. The maximum absolute atomic E-state index is 14.0. The molecule has 192 valence electrons. The largest absolute Gasteiger partial charge is 0.497 e. The fourth-order valence-corrected chi connectivity index (χ4v) is 6.60. The quantitative estimate of drug-likeness (QED) is 0.325. The van der Waals surface area contributed by atoms with E-state index in [0.29, 0.717) is 20.8 Å². The summed E-state index contributed by atoms with van der Waals surface area (Å²) in [5, 5.41) is 0. The number of benzene rings is 3. The van der Waals surface area contributed by atoms with Gasteiger partial charge in [-0.05, 0) is 71.5 Å². The van der Waals surface area contributed by atoms with Gasteiger partial charge in [0.05, 0.1) is 37.6 Å². The molecule has 0 saturated heterocycles. The Hall–Kier alpha value is -3.62. The number of ether oxygens (including phenoxy) is 3. The smallest absolute Gasteiger partial charge is 0.271 e. The Bertz CT molecular complexity index is 1790. The summed E-state index contributed by atoms with van der Waals surface area (Å²) in [6, 6.07) is 19.7. The molecule has 0 N–H and O–H groups in total. The average Bonchev–Trinajstić information content (AvgIpc) is 3.26. The molecule has 0 bridgehead atoms. The summed E-state index contributed by atoms with van der Waals surface area (Å²) < 4.78 is 19.8. The summed E-state index contributed by atoms with van der Waals surface area (Å²) in [5.74, 6) is 2.00. The molecule has 0 spiro atoms. The Morgan fingerprint density at radius 2 is 1.79 bits per heavy atom. The molecule has 2 heterocycles. The van der Waals surface area contributed by atoms with Crippen molar-refractivity contribution >= 4 is 39.0 Å². The van der Waals surface area contributed by atoms with Crippen molar-refractivity contribution in [3.05, 3.63) is 113 Å². The van der Waals surface area contributed by atoms with E-state index < -0.39 is 0 Å². The summed E-state index contributed by atoms with van der Waals surface area (Å²) in [4.78, 5) is 19.8. The lowest BCUT2D eigenvalue weighted by atomic mass is 9.83. The SMILES string of the molecule is COc1ccc(Br)c(/C=c2\sc3n(c2=O)[C@H](c2ccc(OC)c(OC)c2)C2=C(N=3)c3ccccc3CC2)c1. The molecule has 3 aromatic carbocycles. The van der Waals surface area contributed by atoms with Gasteiger partial charge < -0.3 is 14.2 Å². The van der Waals surface area contributed by atoms with Crippen molar-refractivity contribution in [1.29, 1.82) is 0 Å². The van der Waals surface area contributed by atoms with Crippen molar-refractivity contribution in [3.63, 3.8) is 0 Å². The van der Waals surface area contributed by atoms with Crippen LogP contribution in [-0.2, 0) is 6.42 Å². The molecule has 0 amide bonds. The zero-order chi connectivity index (χ0) is 26.4. The first-order valence-electron chi connectivity index (χ1n) is 12.2. The molecule has 1 aliphatic heterocycles. The molecular formula is C30H25BrN2O4S. The van der Waals surface area contributed by atoms with E-state index in [9.17, 15) is 4.79 Å². The summed E-state index contributed by atoms with van der Waals surface area (Å²) >= 11 is 5.01. The van der Waals surface area contributed by atoms with Crippen molar-refractivity contribution in [1.82, 2.24) is 4.57 Å². The number of allylic oxidation sites excluding steroid dienone is 1. The second-order valence-electron chi connectivity index (χ2n) is 9.12. The van der Waals surface area contributed by atoms with Crippen molar-refractivity contribution in [2.24, 2.45) is 4.99 Å². The number of methoxy groups -OCH3 is 3. The van der Waals surface area contributed by atoms with Crippen LogP contribution in [0.3, 0.4) is 0 Å². The molecule has 0 fully saturated rings. The monoisotopic (exact) mass is 588 g/mol. The molecule has 6 rings (SSSR count). The highest BCUT2D eigenvalue weighted by molar-refractivity contribution is 9.10. The number of halogens is 1. The fourth-order valence-electron chi connectivity index (χ4n) is 5.25. The third-order valence-electron chi connectivity index (χ3n) is 7.09. The Balaban J connectivity index is 1.62. The minimum Gasteiger partial charge on any atom is -0.497 e. The number of rotatable bonds is 5. The average molecular weight is 590 g/mol. The summed E-state index contributed by atoms with van der Waals surface area (Å²) in [6.07, 6.45) is 3.62. The summed E-state index contributed by atoms with van der Waals surface area (Å²) in [7, 11) is 4.88. The first-order chi connectivity index (χ1) is 18.5. The highest BCUT2D eigenvalue weighted by Crippen LogP contribution is 2.42. The highest BCUT2D eigenvalue weighted by atomic mass is 79.9. The van der Waals surface area contributed by atoms with Gasteiger partial charge in [-0.15, -0.1) is 0 Å². The van der Waals surface area contributed by atoms with Gasteiger partial charge in [0.25, 0.3) is 5.56 Å². The Labute approximate surface area is 232 Å². The van der Waals surface area contributed by atoms with Crippen LogP contribution in [0.15, 0.2) is 80.5 Å². The van der Waals surface area contributed by atoms with Crippen LogP contribution in [0, 0.1) is 0 Å². The minimum atomic E-state index is -0.301. The third-order valence-corrected chi connectivity index (χ3v) is 8.79. The Kier molecular flexibility index (Phi) is 6.45. The second-order valence-corrected chi connectivity index (χ2v) is 11.0. The topological polar surface area (TPSA) is 62.0 Å². The van der Waals surface area contributed by atoms with E-state index in [0.717, 1.165) is 51.0 Å². The second kappa shape index (κ2) is 9.93. The molecule has 1 aliphatic carbocycles. The van der Waals surface area contributed by atoms with Crippen LogP contribution >= 0.6 is 27.3 Å². The van der Waals surface area contributed by atoms with Crippen LogP contribution in [0.25, 0.3) is 11.8 Å². The maximum atomic E-state index is 14.0. The van der Waals surface area contributed by atoms with Gasteiger partial charge in [-0.25, -0.2) is 4.99 Å². The lowest BCUT2D eigenvalue weighted by Crippen LogP contribution is -2.38. The van der Waals surface area contributed by atoms with Crippen molar-refractivity contribution in [3.8, 4) is 17.2 Å². The van der Waals surface area contributed by atoms with Gasteiger partial charge in [0, 0.05) is 10.0 Å². The van der Waals surface area contributed by atoms with Gasteiger partial charge in [-0.1, -0.05) is 57.6 Å². The van der Waals surface area contributed by atoms with E-state index in [1.807, 2.05) is 53.1 Å². The number of fused-ring (bicyclic) bond motifs is 3. The maximum Gasteiger partial charge on any atom is 0.271 e. The van der Waals surface area contributed by atoms with Crippen LogP contribution in [0.4, 0.5) is 0 Å². The fraction of sp³-hybridized carbons (Fsp3) is 0.200. The lowest BCUT2D eigenvalue weighted by molar-refractivity contribution is 0.354. The van der Waals surface area contributed by atoms with Crippen molar-refractivity contribution in [2.75, 3.05) is 21.3 Å². The molecule has 2 aliphatic rings. The first-order valence-corrected chi connectivity index (χ1v) is 13.8. The summed E-state index contributed by atoms with van der Waals surface area (Å²) in [5.41, 5.74) is 6.26. The van der Waals surface area contributed by atoms with Crippen molar-refractivity contribution < 1.29 is 14.2 Å². The Morgan fingerprint density at radius 1 is 0.974 bits per heavy atom. The van der Waals surface area contributed by atoms with E-state index in [1.54, 1.807) is 21.3 Å². The number of nitrogens with zero attached hydrogens (tertiary/aromatic N) is 2. The predicted octanol–water partition coefficient (Wildman–Crippen LogP) is 5.11. The Morgan fingerprint density at radius 3 is 2.58 bits per heavy atom. The van der Waals surface area contributed by atoms with E-state index in [4.69, 9.17) is 19.2 Å². The molecule has 0 saturated carbocycles. The molecular weight excluding hydrogens is 564 g/mol. The van der Waals surface area contributed by atoms with Crippen LogP contribution in [0.1, 0.15) is 34.7 Å². The van der Waals surface area contributed by atoms with Crippen LogP contribution < -0.4 is 29.1 Å². The molecule has 38 heavy (non-hydrogen) atoms. The number of thiazole rings is 1. The minimum absolute atomic E-state index is 0.0753. The van der Waals surface area contributed by atoms with Crippen LogP contribution in [0.5, 0.6) is 17.2 Å². The molecule has 1 aromatic heterocycles. The molecule has 0 radical (unpaired) electrons. The zero-order valence-corrected chi connectivity index (χ0v) is 23.6. The molecule has 0 unspecified atom stereocenters. The van der Waals surface area contributed by atoms with Crippen LogP contribution in [0.2, 0.25) is 0 Å². The van der Waals surface area contributed by atoms with E-state index in [1.165, 1.54) is 16.9 Å². The van der Waals surface area contributed by atoms with Gasteiger partial charge in [0.15, 0.2) is 16.3 Å². The van der Waals surface area contributed by atoms with Crippen LogP contribution in [-0.4, -0.2) is 25.9 Å². The van der Waals surface area contributed by atoms with E-state index in [-0.39, 0.29) is 11.6 Å². The summed E-state index contributed by atoms with van der Waals surface area (Å²) in [6.45, 7) is 0. The standard InChI is InChI=1S/C30H25BrN2O4S/c1-35-20-10-12-23(31)19(14-20)16-26-29(34)33-28(18-9-13-24(36-2)25(15-18)37-3)22-11-8-17-6-4-5-7-21(17)27(22)32-30(33)38-26/h4-7,9-10,12-16,28H,8,11H2,1-3H3/b26-16-/t28-/m1/s1. The first kappa shape index (κ1) is 24.7. The molecule has 4 aromatic rings. The van der Waals surface area contributed by atoms with Gasteiger partial charge in [0.2, 0.25) is 0 Å². The van der Waals surface area contributed by atoms with Gasteiger partial charge >= 0.3 is 0 Å².